The summed E-state index contributed by atoms with van der Waals surface area (Å²) in [7, 11) is 3.35. The predicted molar refractivity (Wildman–Crippen MR) is 90.6 cm³/mol. The van der Waals surface area contributed by atoms with Crippen molar-refractivity contribution in [3.8, 4) is 5.75 Å². The van der Waals surface area contributed by atoms with Crippen LogP contribution in [0.3, 0.4) is 0 Å². The fraction of sp³-hybridized carbons (Fsp3) is 0.125. The summed E-state index contributed by atoms with van der Waals surface area (Å²) >= 11 is 0. The SMILES string of the molecule is CNc1nccn2cc(C(=O)N/N=C\c3ccc(OC)cc3)nc12. The number of carbonyl (C=O) groups excluding carboxylic acids is 1. The zero-order valence-electron chi connectivity index (χ0n) is 13.2. The van der Waals surface area contributed by atoms with E-state index in [0.29, 0.717) is 11.5 Å². The molecule has 0 saturated heterocycles. The summed E-state index contributed by atoms with van der Waals surface area (Å²) < 4.78 is 6.81. The zero-order valence-corrected chi connectivity index (χ0v) is 13.2. The van der Waals surface area contributed by atoms with Gasteiger partial charge in [-0.3, -0.25) is 4.79 Å². The van der Waals surface area contributed by atoms with Crippen LogP contribution in [0.4, 0.5) is 5.82 Å². The number of nitrogens with one attached hydrogen (secondary N) is 2. The molecule has 2 heterocycles. The summed E-state index contributed by atoms with van der Waals surface area (Å²) in [5.41, 5.74) is 4.13. The molecule has 3 aromatic rings. The molecule has 0 radical (unpaired) electrons. The van der Waals surface area contributed by atoms with Crippen molar-refractivity contribution in [2.75, 3.05) is 19.5 Å². The predicted octanol–water partition coefficient (Wildman–Crippen LogP) is 1.54. The number of carbonyl (C=O) groups is 1. The summed E-state index contributed by atoms with van der Waals surface area (Å²) in [6.07, 6.45) is 6.52. The van der Waals surface area contributed by atoms with Gasteiger partial charge in [-0.15, -0.1) is 0 Å². The van der Waals surface area contributed by atoms with Crippen molar-refractivity contribution < 1.29 is 9.53 Å². The number of ether oxygens (including phenoxy) is 1. The number of benzene rings is 1. The van der Waals surface area contributed by atoms with Gasteiger partial charge in [0.15, 0.2) is 11.5 Å². The van der Waals surface area contributed by atoms with E-state index in [4.69, 9.17) is 4.74 Å². The Morgan fingerprint density at radius 1 is 1.33 bits per heavy atom. The van der Waals surface area contributed by atoms with E-state index in [0.717, 1.165) is 11.3 Å². The number of imidazole rings is 1. The second-order valence-corrected chi connectivity index (χ2v) is 4.86. The van der Waals surface area contributed by atoms with Gasteiger partial charge in [0.1, 0.15) is 11.4 Å². The smallest absolute Gasteiger partial charge is 0.291 e. The van der Waals surface area contributed by atoms with E-state index in [2.05, 4.69) is 25.8 Å². The number of aromatic nitrogens is 3. The van der Waals surface area contributed by atoms with Crippen LogP contribution in [0, 0.1) is 0 Å². The van der Waals surface area contributed by atoms with Crippen molar-refractivity contribution >= 4 is 23.6 Å². The van der Waals surface area contributed by atoms with Crippen LogP contribution in [0.5, 0.6) is 5.75 Å². The Kier molecular flexibility index (Phi) is 4.37. The van der Waals surface area contributed by atoms with Crippen LogP contribution in [0.25, 0.3) is 5.65 Å². The van der Waals surface area contributed by atoms with Crippen molar-refractivity contribution in [2.45, 2.75) is 0 Å². The summed E-state index contributed by atoms with van der Waals surface area (Å²) in [6, 6.07) is 7.31. The second-order valence-electron chi connectivity index (χ2n) is 4.86. The molecular weight excluding hydrogens is 308 g/mol. The number of fused-ring (bicyclic) bond motifs is 1. The summed E-state index contributed by atoms with van der Waals surface area (Å²) in [4.78, 5) is 20.6. The van der Waals surface area contributed by atoms with Crippen LogP contribution < -0.4 is 15.5 Å². The van der Waals surface area contributed by atoms with Crippen LogP contribution >= 0.6 is 0 Å². The first kappa shape index (κ1) is 15.5. The van der Waals surface area contributed by atoms with Gasteiger partial charge in [0.05, 0.1) is 13.3 Å². The number of methoxy groups -OCH3 is 1. The molecule has 1 amide bonds. The van der Waals surface area contributed by atoms with E-state index in [1.807, 2.05) is 24.3 Å². The van der Waals surface area contributed by atoms with Crippen molar-refractivity contribution in [3.05, 3.63) is 54.1 Å². The van der Waals surface area contributed by atoms with Gasteiger partial charge >= 0.3 is 0 Å². The lowest BCUT2D eigenvalue weighted by Gasteiger charge is -1.99. The quantitative estimate of drug-likeness (QED) is 0.548. The van der Waals surface area contributed by atoms with E-state index in [9.17, 15) is 4.79 Å². The first-order chi connectivity index (χ1) is 11.7. The van der Waals surface area contributed by atoms with Crippen LogP contribution in [0.1, 0.15) is 16.1 Å². The molecule has 1 aromatic carbocycles. The van der Waals surface area contributed by atoms with E-state index >= 15 is 0 Å². The van der Waals surface area contributed by atoms with E-state index in [1.165, 1.54) is 0 Å². The van der Waals surface area contributed by atoms with Gasteiger partial charge in [-0.25, -0.2) is 15.4 Å². The van der Waals surface area contributed by atoms with Crippen LogP contribution in [-0.4, -0.2) is 40.6 Å². The first-order valence-electron chi connectivity index (χ1n) is 7.20. The number of hydrogen-bond donors (Lipinski definition) is 2. The lowest BCUT2D eigenvalue weighted by molar-refractivity contribution is 0.0951. The Morgan fingerprint density at radius 2 is 2.12 bits per heavy atom. The van der Waals surface area contributed by atoms with E-state index < -0.39 is 5.91 Å². The number of nitrogens with zero attached hydrogens (tertiary/aromatic N) is 4. The molecule has 0 aliphatic rings. The third kappa shape index (κ3) is 3.17. The molecule has 0 fully saturated rings. The topological polar surface area (TPSA) is 92.9 Å². The molecule has 8 nitrogen and oxygen atoms in total. The molecule has 0 atom stereocenters. The molecule has 8 heteroatoms. The molecular formula is C16H16N6O2. The maximum Gasteiger partial charge on any atom is 0.291 e. The number of amides is 1. The normalized spacial score (nSPS) is 10.9. The number of rotatable bonds is 5. The number of anilines is 1. The molecule has 3 rings (SSSR count). The fourth-order valence-electron chi connectivity index (χ4n) is 2.12. The van der Waals surface area contributed by atoms with Crippen molar-refractivity contribution in [1.82, 2.24) is 19.8 Å². The lowest BCUT2D eigenvalue weighted by Crippen LogP contribution is -2.17. The van der Waals surface area contributed by atoms with Crippen molar-refractivity contribution in [1.29, 1.82) is 0 Å². The van der Waals surface area contributed by atoms with E-state index in [-0.39, 0.29) is 5.69 Å². The number of hydrazone groups is 1. The minimum Gasteiger partial charge on any atom is -0.497 e. The third-order valence-corrected chi connectivity index (χ3v) is 3.34. The zero-order chi connectivity index (χ0) is 16.9. The molecule has 0 bridgehead atoms. The standard InChI is InChI=1S/C16H16N6O2/c1-17-14-15-20-13(10-22(15)8-7-18-14)16(23)21-19-9-11-3-5-12(24-2)6-4-11/h3-10H,1-2H3,(H,17,18)(H,21,23)/b19-9-. The second kappa shape index (κ2) is 6.78. The van der Waals surface area contributed by atoms with Gasteiger partial charge < -0.3 is 14.5 Å². The minimum absolute atomic E-state index is 0.256. The van der Waals surface area contributed by atoms with Gasteiger partial charge in [0.2, 0.25) is 0 Å². The molecule has 0 saturated carbocycles. The van der Waals surface area contributed by atoms with Gasteiger partial charge in [-0.1, -0.05) is 0 Å². The van der Waals surface area contributed by atoms with Gasteiger partial charge in [0.25, 0.3) is 5.91 Å². The van der Waals surface area contributed by atoms with Crippen LogP contribution in [0.15, 0.2) is 48.0 Å². The molecule has 0 spiro atoms. The Bertz CT molecular complexity index is 885. The minimum atomic E-state index is -0.398. The van der Waals surface area contributed by atoms with Crippen LogP contribution in [-0.2, 0) is 0 Å². The van der Waals surface area contributed by atoms with E-state index in [1.54, 1.807) is 43.4 Å². The highest BCUT2D eigenvalue weighted by molar-refractivity contribution is 5.94. The molecule has 0 unspecified atom stereocenters. The van der Waals surface area contributed by atoms with Gasteiger partial charge in [-0.05, 0) is 29.8 Å². The van der Waals surface area contributed by atoms with Gasteiger partial charge in [-0.2, -0.15) is 5.10 Å². The summed E-state index contributed by atoms with van der Waals surface area (Å²) in [5.74, 6) is 0.957. The molecule has 2 aromatic heterocycles. The monoisotopic (exact) mass is 324 g/mol. The number of hydrogen-bond acceptors (Lipinski definition) is 6. The third-order valence-electron chi connectivity index (χ3n) is 3.34. The molecule has 2 N–H and O–H groups in total. The highest BCUT2D eigenvalue weighted by Crippen LogP contribution is 2.12. The average Bonchev–Trinajstić information content (AvgIpc) is 3.06. The Balaban J connectivity index is 1.71. The molecule has 122 valence electrons. The highest BCUT2D eigenvalue weighted by Gasteiger charge is 2.12. The summed E-state index contributed by atoms with van der Waals surface area (Å²) in [6.45, 7) is 0. The Labute approximate surface area is 138 Å². The highest BCUT2D eigenvalue weighted by atomic mass is 16.5. The van der Waals surface area contributed by atoms with Crippen molar-refractivity contribution in [3.63, 3.8) is 0 Å². The first-order valence-corrected chi connectivity index (χ1v) is 7.20. The average molecular weight is 324 g/mol. The maximum atomic E-state index is 12.1. The fourth-order valence-corrected chi connectivity index (χ4v) is 2.12. The molecule has 24 heavy (non-hydrogen) atoms. The van der Waals surface area contributed by atoms with Crippen LogP contribution in [0.2, 0.25) is 0 Å². The summed E-state index contributed by atoms with van der Waals surface area (Å²) in [5, 5.41) is 6.87. The lowest BCUT2D eigenvalue weighted by atomic mass is 10.2. The molecule has 0 aliphatic carbocycles. The maximum absolute atomic E-state index is 12.1. The Hall–Kier alpha value is -3.42. The van der Waals surface area contributed by atoms with Crippen molar-refractivity contribution in [2.24, 2.45) is 5.10 Å². The van der Waals surface area contributed by atoms with Gasteiger partial charge in [0, 0.05) is 25.6 Å². The largest absolute Gasteiger partial charge is 0.497 e. The molecule has 0 aliphatic heterocycles. The Morgan fingerprint density at radius 3 is 2.83 bits per heavy atom.